The number of carbonyl (C=O) groups excluding carboxylic acids is 2. The number of hydrogen-bond donors (Lipinski definition) is 0. The first kappa shape index (κ1) is 20.2. The molecule has 0 saturated carbocycles. The Morgan fingerprint density at radius 2 is 1.80 bits per heavy atom. The summed E-state index contributed by atoms with van der Waals surface area (Å²) in [6.45, 7) is 1.78. The van der Waals surface area contributed by atoms with Gasteiger partial charge in [-0.3, -0.25) is 0 Å². The zero-order valence-electron chi connectivity index (χ0n) is 17.0. The van der Waals surface area contributed by atoms with Crippen LogP contribution in [0.1, 0.15) is 25.7 Å². The number of carbonyl (C=O) groups is 2. The number of esters is 2. The van der Waals surface area contributed by atoms with E-state index in [1.54, 1.807) is 7.11 Å². The maximum atomic E-state index is 11.5. The van der Waals surface area contributed by atoms with E-state index in [0.29, 0.717) is 32.5 Å². The van der Waals surface area contributed by atoms with Crippen LogP contribution in [0.5, 0.6) is 11.5 Å². The molecule has 0 aliphatic carbocycles. The number of ether oxygens (including phenoxy) is 4. The van der Waals surface area contributed by atoms with Crippen LogP contribution in [0.25, 0.3) is 11.1 Å². The predicted octanol–water partition coefficient (Wildman–Crippen LogP) is 3.37. The summed E-state index contributed by atoms with van der Waals surface area (Å²) in [6.07, 6.45) is 3.01. The van der Waals surface area contributed by atoms with Gasteiger partial charge in [0.05, 0.1) is 13.7 Å². The van der Waals surface area contributed by atoms with Crippen LogP contribution in [0.2, 0.25) is 0 Å². The van der Waals surface area contributed by atoms with Gasteiger partial charge in [-0.2, -0.15) is 0 Å². The molecule has 0 atom stereocenters. The third-order valence-corrected chi connectivity index (χ3v) is 5.42. The van der Waals surface area contributed by atoms with Crippen molar-refractivity contribution in [3.63, 3.8) is 0 Å². The highest BCUT2D eigenvalue weighted by molar-refractivity contribution is 6.31. The van der Waals surface area contributed by atoms with Crippen LogP contribution < -0.4 is 9.47 Å². The largest absolute Gasteiger partial charge is 0.496 e. The highest BCUT2D eigenvalue weighted by Gasteiger charge is 2.53. The summed E-state index contributed by atoms with van der Waals surface area (Å²) in [5, 5.41) is 0. The van der Waals surface area contributed by atoms with E-state index in [1.165, 1.54) is 0 Å². The second-order valence-electron chi connectivity index (χ2n) is 7.37. The van der Waals surface area contributed by atoms with E-state index in [-0.39, 0.29) is 0 Å². The fraction of sp³-hybridized carbons (Fsp3) is 0.391. The molecule has 2 aliphatic rings. The van der Waals surface area contributed by atoms with Crippen molar-refractivity contribution >= 4 is 11.9 Å². The van der Waals surface area contributed by atoms with Crippen LogP contribution in [-0.4, -0.2) is 49.6 Å². The van der Waals surface area contributed by atoms with Gasteiger partial charge in [-0.25, -0.2) is 14.5 Å². The lowest BCUT2D eigenvalue weighted by molar-refractivity contribution is -0.263. The van der Waals surface area contributed by atoms with Crippen LogP contribution in [0.15, 0.2) is 48.5 Å². The number of piperidine rings is 1. The lowest BCUT2D eigenvalue weighted by Gasteiger charge is -2.40. The minimum atomic E-state index is -1.23. The number of methoxy groups -OCH3 is 1. The summed E-state index contributed by atoms with van der Waals surface area (Å²) in [5.41, 5.74) is 2.09. The number of benzene rings is 2. The summed E-state index contributed by atoms with van der Waals surface area (Å²) >= 11 is 0. The van der Waals surface area contributed by atoms with E-state index in [0.717, 1.165) is 35.5 Å². The molecule has 2 aliphatic heterocycles. The SMILES string of the molecule is COc1cc(OCCCN2CCCCC23OC(=O)C(=O)O3)ccc1-c1ccccc1. The van der Waals surface area contributed by atoms with Crippen LogP contribution in [0, 0.1) is 0 Å². The fourth-order valence-electron chi connectivity index (χ4n) is 3.95. The van der Waals surface area contributed by atoms with Crippen molar-refractivity contribution in [1.82, 2.24) is 4.90 Å². The Labute approximate surface area is 175 Å². The van der Waals surface area contributed by atoms with E-state index in [1.807, 2.05) is 53.4 Å². The molecule has 7 nitrogen and oxygen atoms in total. The molecule has 0 radical (unpaired) electrons. The van der Waals surface area contributed by atoms with Gasteiger partial charge >= 0.3 is 17.8 Å². The zero-order chi connectivity index (χ0) is 21.0. The molecule has 0 unspecified atom stereocenters. The predicted molar refractivity (Wildman–Crippen MR) is 109 cm³/mol. The normalized spacial score (nSPS) is 18.2. The molecule has 0 bridgehead atoms. The molecule has 4 rings (SSSR count). The van der Waals surface area contributed by atoms with Gasteiger partial charge in [-0.15, -0.1) is 0 Å². The highest BCUT2D eigenvalue weighted by Crippen LogP contribution is 2.35. The van der Waals surface area contributed by atoms with Crippen LogP contribution in [-0.2, 0) is 19.1 Å². The Kier molecular flexibility index (Phi) is 5.90. The standard InChI is InChI=1S/C23H25NO6/c1-27-20-16-18(10-11-19(20)17-8-3-2-4-9-17)28-15-7-14-24-13-6-5-12-23(24)29-21(25)22(26)30-23/h2-4,8-11,16H,5-7,12-15H2,1H3. The van der Waals surface area contributed by atoms with Crippen molar-refractivity contribution in [3.05, 3.63) is 48.5 Å². The molecular weight excluding hydrogens is 386 g/mol. The fourth-order valence-corrected chi connectivity index (χ4v) is 3.95. The molecule has 2 aromatic carbocycles. The molecule has 1 spiro atoms. The van der Waals surface area contributed by atoms with Crippen LogP contribution in [0.3, 0.4) is 0 Å². The third-order valence-electron chi connectivity index (χ3n) is 5.42. The number of nitrogens with zero attached hydrogens (tertiary/aromatic N) is 1. The average Bonchev–Trinajstić information content (AvgIpc) is 3.06. The number of likely N-dealkylation sites (tertiary alicyclic amines) is 1. The minimum Gasteiger partial charge on any atom is -0.496 e. The number of rotatable bonds is 7. The van der Waals surface area contributed by atoms with Gasteiger partial charge in [-0.05, 0) is 37.0 Å². The monoisotopic (exact) mass is 411 g/mol. The minimum absolute atomic E-state index is 0.475. The molecule has 0 amide bonds. The first-order valence-corrected chi connectivity index (χ1v) is 10.2. The first-order valence-electron chi connectivity index (χ1n) is 10.2. The highest BCUT2D eigenvalue weighted by atomic mass is 16.8. The van der Waals surface area contributed by atoms with E-state index < -0.39 is 17.8 Å². The lowest BCUT2D eigenvalue weighted by Crippen LogP contribution is -2.53. The van der Waals surface area contributed by atoms with Gasteiger partial charge in [0.15, 0.2) is 0 Å². The van der Waals surface area contributed by atoms with Gasteiger partial charge in [-0.1, -0.05) is 30.3 Å². The van der Waals surface area contributed by atoms with Gasteiger partial charge < -0.3 is 18.9 Å². The molecule has 158 valence electrons. The molecule has 0 aromatic heterocycles. The summed E-state index contributed by atoms with van der Waals surface area (Å²) in [6, 6.07) is 15.8. The van der Waals surface area contributed by atoms with Gasteiger partial charge in [0.2, 0.25) is 0 Å². The molecule has 2 aromatic rings. The maximum Gasteiger partial charge on any atom is 0.421 e. The second-order valence-corrected chi connectivity index (χ2v) is 7.37. The second kappa shape index (κ2) is 8.75. The molecule has 2 fully saturated rings. The van der Waals surface area contributed by atoms with Crippen molar-refractivity contribution in [1.29, 1.82) is 0 Å². The summed E-state index contributed by atoms with van der Waals surface area (Å²) in [5.74, 6) is -1.59. The Bertz CT molecular complexity index is 897. The van der Waals surface area contributed by atoms with Gasteiger partial charge in [0, 0.05) is 31.1 Å². The van der Waals surface area contributed by atoms with Crippen molar-refractivity contribution in [2.75, 3.05) is 26.8 Å². The Morgan fingerprint density at radius 3 is 2.53 bits per heavy atom. The van der Waals surface area contributed by atoms with Gasteiger partial charge in [0.25, 0.3) is 0 Å². The van der Waals surface area contributed by atoms with Crippen molar-refractivity contribution < 1.29 is 28.5 Å². The van der Waals surface area contributed by atoms with Crippen LogP contribution in [0.4, 0.5) is 0 Å². The lowest BCUT2D eigenvalue weighted by atomic mass is 10.0. The van der Waals surface area contributed by atoms with E-state index in [9.17, 15) is 9.59 Å². The molecular formula is C23H25NO6. The smallest absolute Gasteiger partial charge is 0.421 e. The summed E-state index contributed by atoms with van der Waals surface area (Å²) in [7, 11) is 1.64. The Hall–Kier alpha value is -3.06. The van der Waals surface area contributed by atoms with Crippen molar-refractivity contribution in [2.24, 2.45) is 0 Å². The molecule has 7 heteroatoms. The van der Waals surface area contributed by atoms with Crippen molar-refractivity contribution in [2.45, 2.75) is 31.6 Å². The van der Waals surface area contributed by atoms with Crippen LogP contribution >= 0.6 is 0 Å². The van der Waals surface area contributed by atoms with E-state index in [2.05, 4.69) is 0 Å². The van der Waals surface area contributed by atoms with E-state index in [4.69, 9.17) is 18.9 Å². The average molecular weight is 411 g/mol. The quantitative estimate of drug-likeness (QED) is 0.393. The topological polar surface area (TPSA) is 74.3 Å². The van der Waals surface area contributed by atoms with Gasteiger partial charge in [0.1, 0.15) is 11.5 Å². The molecule has 30 heavy (non-hydrogen) atoms. The molecule has 0 N–H and O–H groups in total. The molecule has 2 saturated heterocycles. The maximum absolute atomic E-state index is 11.5. The third kappa shape index (κ3) is 4.11. The Morgan fingerprint density at radius 1 is 1.03 bits per heavy atom. The first-order chi connectivity index (χ1) is 14.6. The summed E-state index contributed by atoms with van der Waals surface area (Å²) in [4.78, 5) is 25.0. The van der Waals surface area contributed by atoms with E-state index >= 15 is 0 Å². The van der Waals surface area contributed by atoms with Crippen molar-refractivity contribution in [3.8, 4) is 22.6 Å². The number of hydrogen-bond acceptors (Lipinski definition) is 7. The molecule has 2 heterocycles. The summed E-state index contributed by atoms with van der Waals surface area (Å²) < 4.78 is 22.0. The zero-order valence-corrected chi connectivity index (χ0v) is 17.0. The Balaban J connectivity index is 1.34.